The Hall–Kier alpha value is -0.990. The molecule has 0 aromatic carbocycles. The number of carbonyl (C=O) groups is 2. The Balaban J connectivity index is 1.57. The van der Waals surface area contributed by atoms with E-state index in [2.05, 4.69) is 0 Å². The molecule has 2 amide bonds. The Morgan fingerprint density at radius 1 is 1.45 bits per heavy atom. The molecular weight excluding hydrogens is 340 g/mol. The molecule has 0 spiro atoms. The zero-order valence-electron chi connectivity index (χ0n) is 11.9. The second kappa shape index (κ2) is 7.06. The summed E-state index contributed by atoms with van der Waals surface area (Å²) in [4.78, 5) is 27.4. The standard InChI is InChI=1S/C14H16N2O3S3/c17-12(8-16-13(18)9-22-14(16)20)15-4-3-11(21-7-5-15)10-2-1-6-19-10/h1-2,6,11H,3-5,7-9H2. The summed E-state index contributed by atoms with van der Waals surface area (Å²) in [6.45, 7) is 1.45. The van der Waals surface area contributed by atoms with E-state index in [0.717, 1.165) is 17.9 Å². The Bertz CT molecular complexity index is 560. The summed E-state index contributed by atoms with van der Waals surface area (Å²) in [5.74, 6) is 2.08. The average Bonchev–Trinajstić information content (AvgIpc) is 3.06. The van der Waals surface area contributed by atoms with Gasteiger partial charge in [0.05, 0.1) is 17.3 Å². The van der Waals surface area contributed by atoms with Gasteiger partial charge >= 0.3 is 0 Å². The largest absolute Gasteiger partial charge is 0.468 e. The van der Waals surface area contributed by atoms with Crippen molar-refractivity contribution in [2.75, 3.05) is 31.1 Å². The summed E-state index contributed by atoms with van der Waals surface area (Å²) >= 11 is 8.25. The normalized spacial score (nSPS) is 23.0. The highest BCUT2D eigenvalue weighted by atomic mass is 32.2. The summed E-state index contributed by atoms with van der Waals surface area (Å²) < 4.78 is 5.97. The van der Waals surface area contributed by atoms with Gasteiger partial charge in [-0.2, -0.15) is 0 Å². The first kappa shape index (κ1) is 15.9. The van der Waals surface area contributed by atoms with Crippen LogP contribution in [0.25, 0.3) is 0 Å². The van der Waals surface area contributed by atoms with Gasteiger partial charge in [-0.05, 0) is 18.6 Å². The predicted molar refractivity (Wildman–Crippen MR) is 91.9 cm³/mol. The van der Waals surface area contributed by atoms with Crippen LogP contribution >= 0.6 is 35.7 Å². The maximum absolute atomic E-state index is 12.4. The van der Waals surface area contributed by atoms with E-state index in [4.69, 9.17) is 16.6 Å². The minimum atomic E-state index is -0.0685. The lowest BCUT2D eigenvalue weighted by Crippen LogP contribution is -2.43. The monoisotopic (exact) mass is 356 g/mol. The van der Waals surface area contributed by atoms with Crippen LogP contribution in [-0.4, -0.2) is 57.1 Å². The molecule has 3 rings (SSSR count). The predicted octanol–water partition coefficient (Wildman–Crippen LogP) is 2.15. The third kappa shape index (κ3) is 3.49. The molecule has 1 unspecified atom stereocenters. The summed E-state index contributed by atoms with van der Waals surface area (Å²) in [5.41, 5.74) is 0. The first-order valence-electron chi connectivity index (χ1n) is 7.05. The number of hydrogen-bond donors (Lipinski definition) is 0. The van der Waals surface area contributed by atoms with E-state index in [1.807, 2.05) is 28.8 Å². The van der Waals surface area contributed by atoms with E-state index in [-0.39, 0.29) is 23.6 Å². The van der Waals surface area contributed by atoms with Crippen LogP contribution in [0.2, 0.25) is 0 Å². The molecule has 0 N–H and O–H groups in total. The van der Waals surface area contributed by atoms with Gasteiger partial charge < -0.3 is 9.32 Å². The molecule has 0 radical (unpaired) electrons. The highest BCUT2D eigenvalue weighted by Crippen LogP contribution is 2.34. The zero-order chi connectivity index (χ0) is 15.5. The Labute approximate surface area is 142 Å². The van der Waals surface area contributed by atoms with Crippen molar-refractivity contribution in [1.82, 2.24) is 9.80 Å². The lowest BCUT2D eigenvalue weighted by atomic mass is 10.2. The molecule has 22 heavy (non-hydrogen) atoms. The lowest BCUT2D eigenvalue weighted by Gasteiger charge is -2.23. The molecule has 5 nitrogen and oxygen atoms in total. The molecule has 118 valence electrons. The quantitative estimate of drug-likeness (QED) is 0.774. The number of furan rings is 1. The topological polar surface area (TPSA) is 53.8 Å². The molecule has 0 aliphatic carbocycles. The van der Waals surface area contributed by atoms with E-state index < -0.39 is 0 Å². The van der Waals surface area contributed by atoms with Crippen LogP contribution in [-0.2, 0) is 9.59 Å². The minimum Gasteiger partial charge on any atom is -0.468 e. The number of thiocarbonyl (C=S) groups is 1. The van der Waals surface area contributed by atoms with Gasteiger partial charge in [-0.15, -0.1) is 11.8 Å². The molecule has 1 aromatic heterocycles. The maximum Gasteiger partial charge on any atom is 0.242 e. The maximum atomic E-state index is 12.4. The molecule has 1 atom stereocenters. The number of nitrogens with zero attached hydrogens (tertiary/aromatic N) is 2. The molecule has 2 aliphatic rings. The number of hydrogen-bond acceptors (Lipinski definition) is 6. The van der Waals surface area contributed by atoms with Crippen molar-refractivity contribution >= 4 is 51.9 Å². The summed E-state index contributed by atoms with van der Waals surface area (Å²) in [5, 5.41) is 0.290. The fourth-order valence-electron chi connectivity index (χ4n) is 2.49. The number of amides is 2. The van der Waals surface area contributed by atoms with Gasteiger partial charge in [-0.25, -0.2) is 0 Å². The third-order valence-corrected chi connectivity index (χ3v) is 6.41. The van der Waals surface area contributed by atoms with Crippen LogP contribution in [0.15, 0.2) is 22.8 Å². The second-order valence-corrected chi connectivity index (χ2v) is 8.00. The smallest absolute Gasteiger partial charge is 0.242 e. The van der Waals surface area contributed by atoms with E-state index in [9.17, 15) is 9.59 Å². The Kier molecular flexibility index (Phi) is 5.10. The molecule has 0 saturated carbocycles. The van der Waals surface area contributed by atoms with Crippen molar-refractivity contribution in [2.45, 2.75) is 11.7 Å². The molecule has 2 saturated heterocycles. The lowest BCUT2D eigenvalue weighted by molar-refractivity contribution is -0.135. The van der Waals surface area contributed by atoms with Crippen molar-refractivity contribution in [2.24, 2.45) is 0 Å². The van der Waals surface area contributed by atoms with Crippen LogP contribution in [0, 0.1) is 0 Å². The number of thioether (sulfide) groups is 2. The van der Waals surface area contributed by atoms with Gasteiger partial charge in [0.25, 0.3) is 0 Å². The van der Waals surface area contributed by atoms with Crippen molar-refractivity contribution in [3.63, 3.8) is 0 Å². The number of rotatable bonds is 3. The van der Waals surface area contributed by atoms with Gasteiger partial charge in [-0.3, -0.25) is 14.5 Å². The molecular formula is C14H16N2O3S3. The molecule has 2 aliphatic heterocycles. The fourth-order valence-corrected chi connectivity index (χ4v) is 4.74. The Morgan fingerprint density at radius 2 is 2.32 bits per heavy atom. The van der Waals surface area contributed by atoms with Gasteiger partial charge in [-0.1, -0.05) is 24.0 Å². The highest BCUT2D eigenvalue weighted by molar-refractivity contribution is 8.23. The van der Waals surface area contributed by atoms with Crippen molar-refractivity contribution in [3.05, 3.63) is 24.2 Å². The van der Waals surface area contributed by atoms with Crippen molar-refractivity contribution < 1.29 is 14.0 Å². The zero-order valence-corrected chi connectivity index (χ0v) is 14.3. The second-order valence-electron chi connectivity index (χ2n) is 5.08. The molecule has 2 fully saturated rings. The van der Waals surface area contributed by atoms with E-state index in [1.54, 1.807) is 6.26 Å². The van der Waals surface area contributed by atoms with Crippen LogP contribution < -0.4 is 0 Å². The summed E-state index contributed by atoms with van der Waals surface area (Å²) in [7, 11) is 0. The molecule has 8 heteroatoms. The van der Waals surface area contributed by atoms with Gasteiger partial charge in [0.2, 0.25) is 11.8 Å². The SMILES string of the molecule is O=C(CN1C(=O)CSC1=S)N1CCSC(c2ccco2)CC1. The van der Waals surface area contributed by atoms with Gasteiger partial charge in [0.15, 0.2) is 0 Å². The van der Waals surface area contributed by atoms with E-state index in [1.165, 1.54) is 16.7 Å². The van der Waals surface area contributed by atoms with Crippen molar-refractivity contribution in [1.29, 1.82) is 0 Å². The first-order valence-corrected chi connectivity index (χ1v) is 9.49. The number of carbonyl (C=O) groups excluding carboxylic acids is 2. The summed E-state index contributed by atoms with van der Waals surface area (Å²) in [6, 6.07) is 3.87. The van der Waals surface area contributed by atoms with Crippen LogP contribution in [0.4, 0.5) is 0 Å². The fraction of sp³-hybridized carbons (Fsp3) is 0.500. The average molecular weight is 356 g/mol. The van der Waals surface area contributed by atoms with Gasteiger partial charge in [0.1, 0.15) is 16.6 Å². The van der Waals surface area contributed by atoms with E-state index in [0.29, 0.717) is 23.2 Å². The summed E-state index contributed by atoms with van der Waals surface area (Å²) in [6.07, 6.45) is 2.54. The molecule has 1 aromatic rings. The van der Waals surface area contributed by atoms with Crippen molar-refractivity contribution in [3.8, 4) is 0 Å². The third-order valence-electron chi connectivity index (χ3n) is 3.69. The van der Waals surface area contributed by atoms with Gasteiger partial charge in [0, 0.05) is 18.8 Å². The first-order chi connectivity index (χ1) is 10.6. The Morgan fingerprint density at radius 3 is 3.00 bits per heavy atom. The van der Waals surface area contributed by atoms with Crippen LogP contribution in [0.5, 0.6) is 0 Å². The van der Waals surface area contributed by atoms with Crippen LogP contribution in [0.3, 0.4) is 0 Å². The van der Waals surface area contributed by atoms with E-state index >= 15 is 0 Å². The highest BCUT2D eigenvalue weighted by Gasteiger charge is 2.31. The molecule has 0 bridgehead atoms. The molecule has 3 heterocycles. The minimum absolute atomic E-state index is 0.0288. The van der Waals surface area contributed by atoms with Crippen LogP contribution in [0.1, 0.15) is 17.4 Å².